The summed E-state index contributed by atoms with van der Waals surface area (Å²) in [6, 6.07) is 5.87. The molecule has 0 fully saturated rings. The molecule has 0 saturated carbocycles. The molecule has 3 N–H and O–H groups in total. The maximum Gasteiger partial charge on any atom is 0.0732 e. The Morgan fingerprint density at radius 2 is 1.93 bits per heavy atom. The monoisotopic (exact) mass is 207 g/mol. The molecule has 0 aliphatic heterocycles. The molecule has 2 atom stereocenters. The lowest BCUT2D eigenvalue weighted by atomic mass is 9.96. The second-order valence-corrected chi connectivity index (χ2v) is 4.23. The molecule has 1 aromatic rings. The van der Waals surface area contributed by atoms with Crippen molar-refractivity contribution in [3.05, 3.63) is 34.9 Å². The third-order valence-corrected chi connectivity index (χ3v) is 2.91. The SMILES string of the molecule is CCC[C@@H](O)[C@@H](N)c1ccc(C)c(C)c1. The van der Waals surface area contributed by atoms with Crippen molar-refractivity contribution in [3.63, 3.8) is 0 Å². The average molecular weight is 207 g/mol. The summed E-state index contributed by atoms with van der Waals surface area (Å²) in [6.45, 7) is 6.20. The lowest BCUT2D eigenvalue weighted by molar-refractivity contribution is 0.134. The van der Waals surface area contributed by atoms with Crippen LogP contribution in [0.4, 0.5) is 0 Å². The number of nitrogens with two attached hydrogens (primary N) is 1. The van der Waals surface area contributed by atoms with Gasteiger partial charge in [0.1, 0.15) is 0 Å². The Balaban J connectivity index is 2.81. The fourth-order valence-corrected chi connectivity index (χ4v) is 1.67. The predicted molar refractivity (Wildman–Crippen MR) is 63.8 cm³/mol. The van der Waals surface area contributed by atoms with Gasteiger partial charge in [0, 0.05) is 0 Å². The van der Waals surface area contributed by atoms with Crippen LogP contribution in [-0.2, 0) is 0 Å². The van der Waals surface area contributed by atoms with Gasteiger partial charge in [0.05, 0.1) is 12.1 Å². The molecule has 0 aromatic heterocycles. The molecule has 0 amide bonds. The van der Waals surface area contributed by atoms with Crippen LogP contribution >= 0.6 is 0 Å². The molecule has 0 saturated heterocycles. The predicted octanol–water partition coefficient (Wildman–Crippen LogP) is 2.46. The number of aliphatic hydroxyl groups is 1. The van der Waals surface area contributed by atoms with Crippen molar-refractivity contribution in [2.24, 2.45) is 5.73 Å². The number of hydrogen-bond acceptors (Lipinski definition) is 2. The Hall–Kier alpha value is -0.860. The minimum Gasteiger partial charge on any atom is -0.391 e. The van der Waals surface area contributed by atoms with E-state index in [1.54, 1.807) is 0 Å². The van der Waals surface area contributed by atoms with Crippen LogP contribution in [0.2, 0.25) is 0 Å². The Morgan fingerprint density at radius 3 is 2.47 bits per heavy atom. The molecular formula is C13H21NO. The molecule has 0 heterocycles. The van der Waals surface area contributed by atoms with E-state index < -0.39 is 6.10 Å². The van der Waals surface area contributed by atoms with Crippen molar-refractivity contribution in [3.8, 4) is 0 Å². The standard InChI is InChI=1S/C13H21NO/c1-4-5-12(15)13(14)11-7-6-9(2)10(3)8-11/h6-8,12-13,15H,4-5,14H2,1-3H3/t12-,13+/m1/s1. The van der Waals surface area contributed by atoms with Gasteiger partial charge < -0.3 is 10.8 Å². The van der Waals surface area contributed by atoms with Gasteiger partial charge >= 0.3 is 0 Å². The van der Waals surface area contributed by atoms with E-state index >= 15 is 0 Å². The van der Waals surface area contributed by atoms with E-state index in [-0.39, 0.29) is 6.04 Å². The van der Waals surface area contributed by atoms with E-state index in [1.165, 1.54) is 11.1 Å². The summed E-state index contributed by atoms with van der Waals surface area (Å²) in [5, 5.41) is 9.81. The molecule has 0 unspecified atom stereocenters. The van der Waals surface area contributed by atoms with Gasteiger partial charge in [-0.1, -0.05) is 31.5 Å². The fourth-order valence-electron chi connectivity index (χ4n) is 1.67. The van der Waals surface area contributed by atoms with Gasteiger partial charge in [0.25, 0.3) is 0 Å². The van der Waals surface area contributed by atoms with Crippen LogP contribution in [-0.4, -0.2) is 11.2 Å². The minimum absolute atomic E-state index is 0.260. The summed E-state index contributed by atoms with van der Waals surface area (Å²) in [6.07, 6.45) is 1.28. The van der Waals surface area contributed by atoms with E-state index in [0.29, 0.717) is 0 Å². The first-order valence-corrected chi connectivity index (χ1v) is 5.57. The van der Waals surface area contributed by atoms with E-state index in [2.05, 4.69) is 32.9 Å². The number of rotatable bonds is 4. The van der Waals surface area contributed by atoms with Gasteiger partial charge in [-0.3, -0.25) is 0 Å². The van der Waals surface area contributed by atoms with Crippen molar-refractivity contribution >= 4 is 0 Å². The molecule has 1 aromatic carbocycles. The lowest BCUT2D eigenvalue weighted by Gasteiger charge is -2.19. The molecule has 84 valence electrons. The minimum atomic E-state index is -0.433. The molecule has 0 aliphatic rings. The van der Waals surface area contributed by atoms with E-state index in [0.717, 1.165) is 18.4 Å². The fraction of sp³-hybridized carbons (Fsp3) is 0.538. The van der Waals surface area contributed by atoms with Gasteiger partial charge in [-0.05, 0) is 37.0 Å². The third-order valence-electron chi connectivity index (χ3n) is 2.91. The zero-order valence-electron chi connectivity index (χ0n) is 9.83. The number of benzene rings is 1. The smallest absolute Gasteiger partial charge is 0.0732 e. The Labute approximate surface area is 92.1 Å². The van der Waals surface area contributed by atoms with Crippen LogP contribution in [0, 0.1) is 13.8 Å². The molecule has 0 radical (unpaired) electrons. The molecule has 0 aliphatic carbocycles. The van der Waals surface area contributed by atoms with Crippen molar-refractivity contribution in [2.45, 2.75) is 45.8 Å². The zero-order valence-corrected chi connectivity index (χ0v) is 9.83. The summed E-state index contributed by atoms with van der Waals surface area (Å²) in [5.41, 5.74) is 9.51. The lowest BCUT2D eigenvalue weighted by Crippen LogP contribution is -2.26. The highest BCUT2D eigenvalue weighted by Crippen LogP contribution is 2.20. The molecule has 0 spiro atoms. The molecule has 2 heteroatoms. The van der Waals surface area contributed by atoms with Crippen LogP contribution in [0.5, 0.6) is 0 Å². The van der Waals surface area contributed by atoms with Crippen LogP contribution < -0.4 is 5.73 Å². The summed E-state index contributed by atoms with van der Waals surface area (Å²) in [5.74, 6) is 0. The quantitative estimate of drug-likeness (QED) is 0.796. The first-order valence-electron chi connectivity index (χ1n) is 5.57. The van der Waals surface area contributed by atoms with Crippen LogP contribution in [0.25, 0.3) is 0 Å². The van der Waals surface area contributed by atoms with E-state index in [1.807, 2.05) is 6.07 Å². The Bertz CT molecular complexity index is 322. The second kappa shape index (κ2) is 5.29. The third kappa shape index (κ3) is 3.05. The summed E-state index contributed by atoms with van der Waals surface area (Å²) < 4.78 is 0. The van der Waals surface area contributed by atoms with Gasteiger partial charge in [0.2, 0.25) is 0 Å². The number of aliphatic hydroxyl groups excluding tert-OH is 1. The maximum absolute atomic E-state index is 9.81. The topological polar surface area (TPSA) is 46.2 Å². The Kier molecular flexibility index (Phi) is 4.30. The molecular weight excluding hydrogens is 186 g/mol. The summed E-state index contributed by atoms with van der Waals surface area (Å²) >= 11 is 0. The molecule has 1 rings (SSSR count). The number of aryl methyl sites for hydroxylation is 2. The van der Waals surface area contributed by atoms with Gasteiger partial charge in [0.15, 0.2) is 0 Å². The van der Waals surface area contributed by atoms with Crippen molar-refractivity contribution < 1.29 is 5.11 Å². The van der Waals surface area contributed by atoms with Crippen LogP contribution in [0.15, 0.2) is 18.2 Å². The van der Waals surface area contributed by atoms with Crippen LogP contribution in [0.3, 0.4) is 0 Å². The molecule has 2 nitrogen and oxygen atoms in total. The van der Waals surface area contributed by atoms with Crippen LogP contribution in [0.1, 0.15) is 42.5 Å². The molecule has 0 bridgehead atoms. The highest BCUT2D eigenvalue weighted by atomic mass is 16.3. The largest absolute Gasteiger partial charge is 0.391 e. The first-order chi connectivity index (χ1) is 7.06. The Morgan fingerprint density at radius 1 is 1.27 bits per heavy atom. The van der Waals surface area contributed by atoms with Gasteiger partial charge in [-0.2, -0.15) is 0 Å². The van der Waals surface area contributed by atoms with Crippen molar-refractivity contribution in [2.75, 3.05) is 0 Å². The van der Waals surface area contributed by atoms with Crippen molar-refractivity contribution in [1.82, 2.24) is 0 Å². The molecule has 15 heavy (non-hydrogen) atoms. The highest BCUT2D eigenvalue weighted by molar-refractivity contribution is 5.31. The van der Waals surface area contributed by atoms with E-state index in [9.17, 15) is 5.11 Å². The normalized spacial score (nSPS) is 15.0. The van der Waals surface area contributed by atoms with Crippen molar-refractivity contribution in [1.29, 1.82) is 0 Å². The first kappa shape index (κ1) is 12.2. The highest BCUT2D eigenvalue weighted by Gasteiger charge is 2.15. The zero-order chi connectivity index (χ0) is 11.4. The van der Waals surface area contributed by atoms with Gasteiger partial charge in [-0.25, -0.2) is 0 Å². The van der Waals surface area contributed by atoms with E-state index in [4.69, 9.17) is 5.73 Å². The summed E-state index contributed by atoms with van der Waals surface area (Å²) in [4.78, 5) is 0. The summed E-state index contributed by atoms with van der Waals surface area (Å²) in [7, 11) is 0. The maximum atomic E-state index is 9.81. The van der Waals surface area contributed by atoms with Gasteiger partial charge in [-0.15, -0.1) is 0 Å². The number of hydrogen-bond donors (Lipinski definition) is 2. The average Bonchev–Trinajstić information content (AvgIpc) is 2.21. The second-order valence-electron chi connectivity index (χ2n) is 4.23.